The summed E-state index contributed by atoms with van der Waals surface area (Å²) in [7, 11) is 0. The van der Waals surface area contributed by atoms with Crippen LogP contribution in [0.15, 0.2) is 0 Å². The molecule has 62 valence electrons. The summed E-state index contributed by atoms with van der Waals surface area (Å²) in [6.07, 6.45) is 1.81. The molecule has 1 saturated heterocycles. The first-order valence-corrected chi connectivity index (χ1v) is 4.02. The topological polar surface area (TPSA) is 46.5 Å². The lowest BCUT2D eigenvalue weighted by atomic mass is 9.75. The largest absolute Gasteiger partial charge is 0.462 e. The molecule has 2 fully saturated rings. The molecule has 0 aromatic carbocycles. The van der Waals surface area contributed by atoms with E-state index in [0.29, 0.717) is 12.8 Å². The van der Waals surface area contributed by atoms with Gasteiger partial charge in [0, 0.05) is 6.42 Å². The number of aliphatic hydroxyl groups is 1. The summed E-state index contributed by atoms with van der Waals surface area (Å²) in [5.74, 6) is -0.215. The molecule has 0 radical (unpaired) electrons. The molecule has 0 aromatic rings. The third kappa shape index (κ3) is 0.805. The maximum atomic E-state index is 11.2. The van der Waals surface area contributed by atoms with Crippen LogP contribution >= 0.6 is 0 Å². The summed E-state index contributed by atoms with van der Waals surface area (Å²) in [5, 5.41) is 9.52. The zero-order chi connectivity index (χ0) is 8.06. The highest BCUT2D eigenvalue weighted by molar-refractivity contribution is 5.79. The highest BCUT2D eigenvalue weighted by Gasteiger charge is 2.53. The lowest BCUT2D eigenvalue weighted by molar-refractivity contribution is -0.150. The highest BCUT2D eigenvalue weighted by atomic mass is 16.6. The van der Waals surface area contributed by atoms with Crippen molar-refractivity contribution in [3.63, 3.8) is 0 Å². The zero-order valence-electron chi connectivity index (χ0n) is 6.54. The van der Waals surface area contributed by atoms with Crippen LogP contribution in [0.5, 0.6) is 0 Å². The van der Waals surface area contributed by atoms with Crippen LogP contribution < -0.4 is 0 Å². The Labute approximate surface area is 65.4 Å². The fraction of sp³-hybridized carbons (Fsp3) is 0.875. The Balaban J connectivity index is 2.30. The second-order valence-corrected chi connectivity index (χ2v) is 3.74. The van der Waals surface area contributed by atoms with Gasteiger partial charge in [0.15, 0.2) is 0 Å². The fourth-order valence-corrected chi connectivity index (χ4v) is 1.98. The van der Waals surface area contributed by atoms with Gasteiger partial charge in [-0.25, -0.2) is 0 Å². The molecule has 2 rings (SSSR count). The fourth-order valence-electron chi connectivity index (χ4n) is 1.98. The number of carbonyl (C=O) groups excluding carboxylic acids is 1. The maximum Gasteiger partial charge on any atom is 0.314 e. The number of rotatable bonds is 0. The predicted octanol–water partition coefficient (Wildman–Crippen LogP) is 0.463. The minimum absolute atomic E-state index is 0.0795. The Kier molecular flexibility index (Phi) is 1.27. The van der Waals surface area contributed by atoms with Crippen molar-refractivity contribution in [2.24, 2.45) is 5.41 Å². The van der Waals surface area contributed by atoms with E-state index in [1.165, 1.54) is 0 Å². The molecule has 0 aromatic heterocycles. The van der Waals surface area contributed by atoms with E-state index >= 15 is 0 Å². The molecule has 1 heterocycles. The zero-order valence-corrected chi connectivity index (χ0v) is 6.54. The molecule has 1 N–H and O–H groups in total. The molecule has 1 saturated carbocycles. The second-order valence-electron chi connectivity index (χ2n) is 3.74. The summed E-state index contributed by atoms with van der Waals surface area (Å²) in [4.78, 5) is 11.2. The van der Waals surface area contributed by atoms with E-state index in [-0.39, 0.29) is 12.1 Å². The van der Waals surface area contributed by atoms with Gasteiger partial charge in [-0.3, -0.25) is 4.79 Å². The maximum absolute atomic E-state index is 11.2. The third-order valence-corrected chi connectivity index (χ3v) is 2.89. The van der Waals surface area contributed by atoms with E-state index in [0.717, 1.165) is 6.42 Å². The normalized spacial score (nSPS) is 49.1. The van der Waals surface area contributed by atoms with Gasteiger partial charge < -0.3 is 9.84 Å². The molecule has 0 amide bonds. The average Bonchev–Trinajstić information content (AvgIpc) is 2.19. The van der Waals surface area contributed by atoms with Crippen LogP contribution in [0.25, 0.3) is 0 Å². The average molecular weight is 156 g/mol. The number of esters is 1. The summed E-state index contributed by atoms with van der Waals surface area (Å²) in [6.45, 7) is 1.79. The van der Waals surface area contributed by atoms with E-state index in [1.54, 1.807) is 6.92 Å². The Morgan fingerprint density at radius 1 is 1.64 bits per heavy atom. The van der Waals surface area contributed by atoms with Crippen LogP contribution in [0.4, 0.5) is 0 Å². The van der Waals surface area contributed by atoms with E-state index in [1.807, 2.05) is 0 Å². The predicted molar refractivity (Wildman–Crippen MR) is 37.8 cm³/mol. The van der Waals surface area contributed by atoms with Crippen LogP contribution in [0, 0.1) is 5.41 Å². The summed E-state index contributed by atoms with van der Waals surface area (Å²) in [5.41, 5.74) is -0.594. The Morgan fingerprint density at radius 3 is 3.00 bits per heavy atom. The molecule has 3 atom stereocenters. The SMILES string of the molecule is CC12CC(CCC1O)OC2=O. The minimum atomic E-state index is -0.594. The molecule has 11 heavy (non-hydrogen) atoms. The lowest BCUT2D eigenvalue weighted by Crippen LogP contribution is -2.38. The molecular formula is C8H12O3. The van der Waals surface area contributed by atoms with Gasteiger partial charge >= 0.3 is 5.97 Å². The summed E-state index contributed by atoms with van der Waals surface area (Å²) >= 11 is 0. The van der Waals surface area contributed by atoms with Crippen LogP contribution in [-0.4, -0.2) is 23.3 Å². The van der Waals surface area contributed by atoms with Gasteiger partial charge in [0.05, 0.1) is 11.5 Å². The Bertz CT molecular complexity index is 202. The molecule has 2 aliphatic rings. The summed E-state index contributed by atoms with van der Waals surface area (Å²) < 4.78 is 5.06. The number of carbonyl (C=O) groups is 1. The van der Waals surface area contributed by atoms with Gasteiger partial charge in [0.25, 0.3) is 0 Å². The molecule has 3 nitrogen and oxygen atoms in total. The molecule has 1 aliphatic carbocycles. The Hall–Kier alpha value is -0.570. The van der Waals surface area contributed by atoms with Gasteiger partial charge in [-0.05, 0) is 19.8 Å². The van der Waals surface area contributed by atoms with E-state index in [9.17, 15) is 9.90 Å². The van der Waals surface area contributed by atoms with Crippen LogP contribution in [0.3, 0.4) is 0 Å². The van der Waals surface area contributed by atoms with Crippen LogP contribution in [0.1, 0.15) is 26.2 Å². The first kappa shape index (κ1) is 7.10. The quantitative estimate of drug-likeness (QED) is 0.518. The number of aliphatic hydroxyl groups excluding tert-OH is 1. The van der Waals surface area contributed by atoms with Crippen molar-refractivity contribution in [3.05, 3.63) is 0 Å². The summed E-state index contributed by atoms with van der Waals surface area (Å²) in [6, 6.07) is 0. The number of ether oxygens (including phenoxy) is 1. The number of hydrogen-bond donors (Lipinski definition) is 1. The van der Waals surface area contributed by atoms with Gasteiger partial charge in [0.2, 0.25) is 0 Å². The molecule has 0 spiro atoms. The Morgan fingerprint density at radius 2 is 2.36 bits per heavy atom. The second kappa shape index (κ2) is 1.97. The smallest absolute Gasteiger partial charge is 0.314 e. The van der Waals surface area contributed by atoms with Crippen molar-refractivity contribution in [2.75, 3.05) is 0 Å². The number of fused-ring (bicyclic) bond motifs is 2. The van der Waals surface area contributed by atoms with Crippen LogP contribution in [-0.2, 0) is 9.53 Å². The highest BCUT2D eigenvalue weighted by Crippen LogP contribution is 2.44. The lowest BCUT2D eigenvalue weighted by Gasteiger charge is -2.28. The van der Waals surface area contributed by atoms with Crippen LogP contribution in [0.2, 0.25) is 0 Å². The van der Waals surface area contributed by atoms with Crippen molar-refractivity contribution in [1.82, 2.24) is 0 Å². The van der Waals surface area contributed by atoms with Gasteiger partial charge in [-0.2, -0.15) is 0 Å². The number of hydrogen-bond acceptors (Lipinski definition) is 3. The molecule has 1 aliphatic heterocycles. The van der Waals surface area contributed by atoms with E-state index in [2.05, 4.69) is 0 Å². The van der Waals surface area contributed by atoms with Gasteiger partial charge in [0.1, 0.15) is 6.10 Å². The van der Waals surface area contributed by atoms with Gasteiger partial charge in [-0.1, -0.05) is 0 Å². The van der Waals surface area contributed by atoms with E-state index in [4.69, 9.17) is 4.74 Å². The molecule has 2 bridgehead atoms. The first-order chi connectivity index (χ1) is 5.13. The minimum Gasteiger partial charge on any atom is -0.462 e. The molecular weight excluding hydrogens is 144 g/mol. The standard InChI is InChI=1S/C8H12O3/c1-8-4-5(11-7(8)10)2-3-6(8)9/h5-6,9H,2-4H2,1H3. The van der Waals surface area contributed by atoms with E-state index < -0.39 is 11.5 Å². The first-order valence-electron chi connectivity index (χ1n) is 4.02. The van der Waals surface area contributed by atoms with Gasteiger partial charge in [-0.15, -0.1) is 0 Å². The van der Waals surface area contributed by atoms with Crippen molar-refractivity contribution >= 4 is 5.97 Å². The molecule has 3 heteroatoms. The van der Waals surface area contributed by atoms with Crippen molar-refractivity contribution in [1.29, 1.82) is 0 Å². The molecule has 3 unspecified atom stereocenters. The monoisotopic (exact) mass is 156 g/mol. The van der Waals surface area contributed by atoms with Crippen molar-refractivity contribution in [2.45, 2.75) is 38.4 Å². The van der Waals surface area contributed by atoms with Crippen molar-refractivity contribution in [3.8, 4) is 0 Å². The van der Waals surface area contributed by atoms with Crippen molar-refractivity contribution < 1.29 is 14.6 Å². The third-order valence-electron chi connectivity index (χ3n) is 2.89.